The van der Waals surface area contributed by atoms with Crippen LogP contribution in [-0.2, 0) is 4.79 Å². The summed E-state index contributed by atoms with van der Waals surface area (Å²) >= 11 is 1.60. The quantitative estimate of drug-likeness (QED) is 0.330. The fourth-order valence-electron chi connectivity index (χ4n) is 4.68. The Bertz CT molecular complexity index is 1510. The van der Waals surface area contributed by atoms with Crippen LogP contribution in [0.2, 0.25) is 0 Å². The Balaban J connectivity index is 1.08. The molecule has 0 spiro atoms. The van der Waals surface area contributed by atoms with Crippen LogP contribution >= 0.6 is 11.3 Å². The highest BCUT2D eigenvalue weighted by atomic mass is 32.1. The molecule has 0 bridgehead atoms. The highest BCUT2D eigenvalue weighted by Gasteiger charge is 2.26. The number of imidazole rings is 1. The van der Waals surface area contributed by atoms with E-state index in [1.165, 1.54) is 0 Å². The number of hydrogen-bond acceptors (Lipinski definition) is 7. The lowest BCUT2D eigenvalue weighted by molar-refractivity contribution is -0.120. The minimum absolute atomic E-state index is 0.0410. The number of amides is 1. The van der Waals surface area contributed by atoms with Gasteiger partial charge in [0.25, 0.3) is 0 Å². The smallest absolute Gasteiger partial charge is 0.227 e. The zero-order valence-corrected chi connectivity index (χ0v) is 21.2. The molecule has 1 aliphatic rings. The van der Waals surface area contributed by atoms with Crippen molar-refractivity contribution < 1.29 is 9.53 Å². The first-order valence-electron chi connectivity index (χ1n) is 12.2. The number of carbonyl (C=O) groups is 1. The second kappa shape index (κ2) is 10.0. The second-order valence-electron chi connectivity index (χ2n) is 9.04. The molecular weight excluding hydrogens is 484 g/mol. The molecule has 37 heavy (non-hydrogen) atoms. The number of nitrogens with zero attached hydrogens (tertiary/aromatic N) is 5. The van der Waals surface area contributed by atoms with Gasteiger partial charge in [0.1, 0.15) is 17.9 Å². The molecule has 4 heterocycles. The Morgan fingerprint density at radius 3 is 2.65 bits per heavy atom. The zero-order chi connectivity index (χ0) is 25.2. The molecule has 1 fully saturated rings. The van der Waals surface area contributed by atoms with E-state index in [9.17, 15) is 4.79 Å². The molecule has 3 aromatic heterocycles. The number of carbonyl (C=O) groups excluding carboxylic acids is 1. The van der Waals surface area contributed by atoms with Crippen molar-refractivity contribution in [1.82, 2.24) is 19.4 Å². The molecule has 2 aromatic carbocycles. The summed E-state index contributed by atoms with van der Waals surface area (Å²) in [5.74, 6) is 1.71. The Morgan fingerprint density at radius 1 is 1.03 bits per heavy atom. The molecule has 0 aliphatic carbocycles. The highest BCUT2D eigenvalue weighted by molar-refractivity contribution is 7.15. The summed E-state index contributed by atoms with van der Waals surface area (Å²) in [5, 5.41) is 5.13. The topological polar surface area (TPSA) is 84.7 Å². The molecule has 0 radical (unpaired) electrons. The lowest BCUT2D eigenvalue weighted by Gasteiger charge is -2.32. The van der Waals surface area contributed by atoms with Crippen LogP contribution in [0, 0.1) is 5.92 Å². The molecule has 1 N–H and O–H groups in total. The average molecular weight is 511 g/mol. The van der Waals surface area contributed by atoms with Crippen molar-refractivity contribution in [3.8, 4) is 28.3 Å². The Morgan fingerprint density at radius 2 is 1.86 bits per heavy atom. The predicted octanol–water partition coefficient (Wildman–Crippen LogP) is 5.38. The Kier molecular flexibility index (Phi) is 6.28. The third-order valence-electron chi connectivity index (χ3n) is 6.75. The summed E-state index contributed by atoms with van der Waals surface area (Å²) in [4.78, 5) is 29.9. The third-order valence-corrected chi connectivity index (χ3v) is 7.52. The first-order chi connectivity index (χ1) is 18.2. The predicted molar refractivity (Wildman–Crippen MR) is 146 cm³/mol. The van der Waals surface area contributed by atoms with E-state index in [0.717, 1.165) is 70.7 Å². The van der Waals surface area contributed by atoms with Crippen molar-refractivity contribution >= 4 is 33.7 Å². The van der Waals surface area contributed by atoms with Crippen LogP contribution in [0.5, 0.6) is 5.75 Å². The van der Waals surface area contributed by atoms with Crippen molar-refractivity contribution in [3.63, 3.8) is 0 Å². The number of anilines is 2. The van der Waals surface area contributed by atoms with E-state index in [1.54, 1.807) is 24.8 Å². The average Bonchev–Trinajstić information content (AvgIpc) is 3.57. The van der Waals surface area contributed by atoms with E-state index in [4.69, 9.17) is 4.74 Å². The van der Waals surface area contributed by atoms with E-state index in [2.05, 4.69) is 25.2 Å². The van der Waals surface area contributed by atoms with E-state index in [-0.39, 0.29) is 11.8 Å². The van der Waals surface area contributed by atoms with Gasteiger partial charge in [0, 0.05) is 59.7 Å². The van der Waals surface area contributed by atoms with Crippen molar-refractivity contribution in [2.45, 2.75) is 12.8 Å². The molecule has 1 saturated heterocycles. The number of nitrogens with one attached hydrogen (secondary N) is 1. The van der Waals surface area contributed by atoms with Crippen LogP contribution in [0.3, 0.4) is 0 Å². The van der Waals surface area contributed by atoms with Gasteiger partial charge in [-0.3, -0.25) is 9.20 Å². The fourth-order valence-corrected chi connectivity index (χ4v) is 5.38. The van der Waals surface area contributed by atoms with Crippen molar-refractivity contribution in [2.24, 2.45) is 5.92 Å². The van der Waals surface area contributed by atoms with Crippen LogP contribution in [0.4, 0.5) is 11.5 Å². The third kappa shape index (κ3) is 4.90. The van der Waals surface area contributed by atoms with Gasteiger partial charge in [-0.1, -0.05) is 12.1 Å². The number of aromatic nitrogens is 4. The lowest BCUT2D eigenvalue weighted by Crippen LogP contribution is -2.38. The van der Waals surface area contributed by atoms with Crippen LogP contribution in [-0.4, -0.2) is 45.5 Å². The van der Waals surface area contributed by atoms with Crippen LogP contribution in [0.25, 0.3) is 27.5 Å². The van der Waals surface area contributed by atoms with Gasteiger partial charge >= 0.3 is 0 Å². The van der Waals surface area contributed by atoms with Gasteiger partial charge in [-0.05, 0) is 49.2 Å². The monoisotopic (exact) mass is 510 g/mol. The van der Waals surface area contributed by atoms with Gasteiger partial charge in [-0.15, -0.1) is 11.3 Å². The number of rotatable bonds is 6. The molecule has 5 aromatic rings. The van der Waals surface area contributed by atoms with Crippen molar-refractivity contribution in [3.05, 3.63) is 78.7 Å². The molecule has 1 aliphatic heterocycles. The SMILES string of the molecule is COc1ccc(-c2cc(N3CCC(C(=O)Nc4cccc(-c5cn6ccsc6n5)c4)CC3)ncn2)cc1. The first-order valence-corrected chi connectivity index (χ1v) is 13.1. The second-order valence-corrected chi connectivity index (χ2v) is 9.91. The molecule has 1 amide bonds. The van der Waals surface area contributed by atoms with Gasteiger partial charge in [0.15, 0.2) is 4.96 Å². The minimum atomic E-state index is -0.0410. The Labute approximate surface area is 218 Å². The van der Waals surface area contributed by atoms with E-state index >= 15 is 0 Å². The standard InChI is InChI=1S/C28H26N6O2S/c1-36-23-7-5-19(6-8-23)24-16-26(30-18-29-24)33-11-9-20(10-12-33)27(35)31-22-4-2-3-21(15-22)25-17-34-13-14-37-28(34)32-25/h2-8,13-18,20H,9-12H2,1H3,(H,31,35). The van der Waals surface area contributed by atoms with Gasteiger partial charge in [-0.2, -0.15) is 0 Å². The summed E-state index contributed by atoms with van der Waals surface area (Å²) in [6.07, 6.45) is 7.14. The lowest BCUT2D eigenvalue weighted by atomic mass is 9.95. The van der Waals surface area contributed by atoms with Crippen LogP contribution in [0.15, 0.2) is 78.7 Å². The summed E-state index contributed by atoms with van der Waals surface area (Å²) < 4.78 is 7.26. The number of benzene rings is 2. The zero-order valence-electron chi connectivity index (χ0n) is 20.4. The molecular formula is C28H26N6O2S. The maximum Gasteiger partial charge on any atom is 0.227 e. The summed E-state index contributed by atoms with van der Waals surface area (Å²) in [6.45, 7) is 1.53. The molecule has 0 unspecified atom stereocenters. The van der Waals surface area contributed by atoms with Gasteiger partial charge in [0.05, 0.1) is 18.5 Å². The van der Waals surface area contributed by atoms with Gasteiger partial charge < -0.3 is 15.0 Å². The number of ether oxygens (including phenoxy) is 1. The van der Waals surface area contributed by atoms with Crippen molar-refractivity contribution in [1.29, 1.82) is 0 Å². The maximum atomic E-state index is 13.1. The van der Waals surface area contributed by atoms with Gasteiger partial charge in [0.2, 0.25) is 5.91 Å². The number of methoxy groups -OCH3 is 1. The molecule has 0 saturated carbocycles. The number of piperidine rings is 1. The van der Waals surface area contributed by atoms with Crippen LogP contribution < -0.4 is 15.0 Å². The molecule has 0 atom stereocenters. The largest absolute Gasteiger partial charge is 0.497 e. The first kappa shape index (κ1) is 23.2. The summed E-state index contributed by atoms with van der Waals surface area (Å²) in [6, 6.07) is 17.7. The fraction of sp³-hybridized carbons (Fsp3) is 0.214. The van der Waals surface area contributed by atoms with E-state index in [1.807, 2.05) is 76.8 Å². The van der Waals surface area contributed by atoms with E-state index in [0.29, 0.717) is 0 Å². The van der Waals surface area contributed by atoms with E-state index < -0.39 is 0 Å². The minimum Gasteiger partial charge on any atom is -0.497 e. The van der Waals surface area contributed by atoms with Gasteiger partial charge in [-0.25, -0.2) is 15.0 Å². The summed E-state index contributed by atoms with van der Waals surface area (Å²) in [5.41, 5.74) is 4.55. The number of hydrogen-bond donors (Lipinski definition) is 1. The number of thiazole rings is 1. The maximum absolute atomic E-state index is 13.1. The molecule has 8 nitrogen and oxygen atoms in total. The Hall–Kier alpha value is -4.24. The molecule has 9 heteroatoms. The molecule has 6 rings (SSSR count). The highest BCUT2D eigenvalue weighted by Crippen LogP contribution is 2.28. The number of fused-ring (bicyclic) bond motifs is 1. The van der Waals surface area contributed by atoms with Crippen LogP contribution in [0.1, 0.15) is 12.8 Å². The summed E-state index contributed by atoms with van der Waals surface area (Å²) in [7, 11) is 1.65. The normalized spacial score (nSPS) is 14.1. The van der Waals surface area contributed by atoms with Crippen molar-refractivity contribution in [2.75, 3.05) is 30.4 Å². The molecule has 186 valence electrons.